The van der Waals surface area contributed by atoms with Gasteiger partial charge in [-0.25, -0.2) is 0 Å². The molecule has 2 aromatic rings. The lowest BCUT2D eigenvalue weighted by molar-refractivity contribution is 0.146. The number of aromatic nitrogens is 2. The fourth-order valence-electron chi connectivity index (χ4n) is 1.58. The Bertz CT molecular complexity index is 505. The molecule has 0 fully saturated rings. The van der Waals surface area contributed by atoms with Gasteiger partial charge in [-0.15, -0.1) is 0 Å². The van der Waals surface area contributed by atoms with Crippen LogP contribution < -0.4 is 5.73 Å². The lowest BCUT2D eigenvalue weighted by atomic mass is 10.1. The maximum atomic E-state index is 9.37. The standard InChI is InChI=1S/C13H17N3O2/c1-3-9-4-6-10(7-5-9)12-15-13(18-16-12)11(14)8(2)17/h4-8,11,17H,3,14H2,1-2H3/t8-,11+/m1/s1. The van der Waals surface area contributed by atoms with Crippen LogP contribution in [-0.2, 0) is 6.42 Å². The molecule has 1 heterocycles. The van der Waals surface area contributed by atoms with Crippen LogP contribution in [0, 0.1) is 0 Å². The largest absolute Gasteiger partial charge is 0.391 e. The molecule has 3 N–H and O–H groups in total. The van der Waals surface area contributed by atoms with E-state index in [-0.39, 0.29) is 5.89 Å². The second-order valence-electron chi connectivity index (χ2n) is 4.27. The number of aliphatic hydroxyl groups is 1. The fraction of sp³-hybridized carbons (Fsp3) is 0.385. The zero-order valence-electron chi connectivity index (χ0n) is 10.5. The predicted octanol–water partition coefficient (Wildman–Crippen LogP) is 1.68. The third-order valence-corrected chi connectivity index (χ3v) is 2.87. The molecule has 1 aromatic carbocycles. The molecule has 0 unspecified atom stereocenters. The third kappa shape index (κ3) is 2.57. The van der Waals surface area contributed by atoms with Gasteiger partial charge in [0, 0.05) is 5.56 Å². The van der Waals surface area contributed by atoms with Crippen molar-refractivity contribution in [1.82, 2.24) is 10.1 Å². The highest BCUT2D eigenvalue weighted by molar-refractivity contribution is 5.54. The monoisotopic (exact) mass is 247 g/mol. The van der Waals surface area contributed by atoms with E-state index in [2.05, 4.69) is 17.1 Å². The number of hydrogen-bond donors (Lipinski definition) is 2. The Morgan fingerprint density at radius 2 is 2.00 bits per heavy atom. The molecule has 0 aliphatic heterocycles. The van der Waals surface area contributed by atoms with E-state index in [1.54, 1.807) is 6.92 Å². The number of hydrogen-bond acceptors (Lipinski definition) is 5. The van der Waals surface area contributed by atoms with E-state index in [1.807, 2.05) is 24.3 Å². The van der Waals surface area contributed by atoms with Crippen molar-refractivity contribution in [1.29, 1.82) is 0 Å². The maximum absolute atomic E-state index is 9.37. The highest BCUT2D eigenvalue weighted by Crippen LogP contribution is 2.19. The van der Waals surface area contributed by atoms with Crippen molar-refractivity contribution in [2.75, 3.05) is 0 Å². The van der Waals surface area contributed by atoms with Gasteiger partial charge in [0.1, 0.15) is 6.04 Å². The Hall–Kier alpha value is -1.72. The smallest absolute Gasteiger partial charge is 0.246 e. The van der Waals surface area contributed by atoms with Crippen LogP contribution in [0.5, 0.6) is 0 Å². The minimum atomic E-state index is -0.722. The van der Waals surface area contributed by atoms with Crippen LogP contribution in [0.15, 0.2) is 28.8 Å². The van der Waals surface area contributed by atoms with Crippen LogP contribution in [0.4, 0.5) is 0 Å². The number of aliphatic hydroxyl groups excluding tert-OH is 1. The van der Waals surface area contributed by atoms with E-state index >= 15 is 0 Å². The van der Waals surface area contributed by atoms with Gasteiger partial charge in [-0.1, -0.05) is 36.3 Å². The summed E-state index contributed by atoms with van der Waals surface area (Å²) in [4.78, 5) is 4.19. The SMILES string of the molecule is CCc1ccc(-c2noc([C@@H](N)[C@@H](C)O)n2)cc1. The zero-order chi connectivity index (χ0) is 13.1. The zero-order valence-corrected chi connectivity index (χ0v) is 10.5. The second kappa shape index (κ2) is 5.29. The molecule has 0 aliphatic carbocycles. The summed E-state index contributed by atoms with van der Waals surface area (Å²) in [5, 5.41) is 13.2. The van der Waals surface area contributed by atoms with E-state index in [0.29, 0.717) is 5.82 Å². The quantitative estimate of drug-likeness (QED) is 0.858. The lowest BCUT2D eigenvalue weighted by Gasteiger charge is -2.08. The average molecular weight is 247 g/mol. The maximum Gasteiger partial charge on any atom is 0.246 e. The van der Waals surface area contributed by atoms with Crippen LogP contribution in [0.25, 0.3) is 11.4 Å². The van der Waals surface area contributed by atoms with Crippen molar-refractivity contribution in [3.8, 4) is 11.4 Å². The highest BCUT2D eigenvalue weighted by atomic mass is 16.5. The number of aryl methyl sites for hydroxylation is 1. The Kier molecular flexibility index (Phi) is 3.74. The first-order valence-electron chi connectivity index (χ1n) is 5.98. The van der Waals surface area contributed by atoms with Crippen molar-refractivity contribution in [2.24, 2.45) is 5.73 Å². The van der Waals surface area contributed by atoms with Gasteiger partial charge < -0.3 is 15.4 Å². The van der Waals surface area contributed by atoms with E-state index in [4.69, 9.17) is 10.3 Å². The Labute approximate surface area is 106 Å². The van der Waals surface area contributed by atoms with Crippen molar-refractivity contribution < 1.29 is 9.63 Å². The summed E-state index contributed by atoms with van der Waals surface area (Å²) in [5.74, 6) is 0.739. The Balaban J connectivity index is 2.23. The summed E-state index contributed by atoms with van der Waals surface area (Å²) in [6.07, 6.45) is 0.269. The molecule has 0 radical (unpaired) electrons. The van der Waals surface area contributed by atoms with Crippen molar-refractivity contribution >= 4 is 0 Å². The summed E-state index contributed by atoms with van der Waals surface area (Å²) in [5.41, 5.74) is 7.86. The van der Waals surface area contributed by atoms with Crippen molar-refractivity contribution in [2.45, 2.75) is 32.4 Å². The topological polar surface area (TPSA) is 85.2 Å². The molecule has 18 heavy (non-hydrogen) atoms. The highest BCUT2D eigenvalue weighted by Gasteiger charge is 2.19. The molecular weight excluding hydrogens is 230 g/mol. The van der Waals surface area contributed by atoms with Gasteiger partial charge >= 0.3 is 0 Å². The molecule has 0 aliphatic rings. The normalized spacial score (nSPS) is 14.4. The minimum absolute atomic E-state index is 0.250. The van der Waals surface area contributed by atoms with Gasteiger partial charge in [-0.2, -0.15) is 4.98 Å². The second-order valence-corrected chi connectivity index (χ2v) is 4.27. The number of benzene rings is 1. The number of nitrogens with zero attached hydrogens (tertiary/aromatic N) is 2. The Morgan fingerprint density at radius 3 is 2.56 bits per heavy atom. The first-order valence-corrected chi connectivity index (χ1v) is 5.98. The third-order valence-electron chi connectivity index (χ3n) is 2.87. The minimum Gasteiger partial charge on any atom is -0.391 e. The van der Waals surface area contributed by atoms with E-state index in [1.165, 1.54) is 5.56 Å². The van der Waals surface area contributed by atoms with E-state index in [0.717, 1.165) is 12.0 Å². The predicted molar refractivity (Wildman–Crippen MR) is 67.7 cm³/mol. The summed E-state index contributed by atoms with van der Waals surface area (Å²) < 4.78 is 5.05. The van der Waals surface area contributed by atoms with Gasteiger partial charge in [0.2, 0.25) is 11.7 Å². The first kappa shape index (κ1) is 12.7. The summed E-state index contributed by atoms with van der Waals surface area (Å²) >= 11 is 0. The van der Waals surface area contributed by atoms with Gasteiger partial charge in [0.25, 0.3) is 0 Å². The van der Waals surface area contributed by atoms with Gasteiger partial charge in [0.15, 0.2) is 0 Å². The number of nitrogens with two attached hydrogens (primary N) is 1. The van der Waals surface area contributed by atoms with Crippen molar-refractivity contribution in [3.63, 3.8) is 0 Å². The lowest BCUT2D eigenvalue weighted by Crippen LogP contribution is -2.23. The summed E-state index contributed by atoms with van der Waals surface area (Å²) in [7, 11) is 0. The van der Waals surface area contributed by atoms with Crippen LogP contribution in [0.1, 0.15) is 31.3 Å². The molecule has 0 spiro atoms. The molecule has 5 heteroatoms. The molecule has 0 saturated heterocycles. The van der Waals surface area contributed by atoms with Crippen molar-refractivity contribution in [3.05, 3.63) is 35.7 Å². The molecular formula is C13H17N3O2. The summed E-state index contributed by atoms with van der Waals surface area (Å²) in [6, 6.07) is 7.30. The van der Waals surface area contributed by atoms with Crippen LogP contribution in [0.3, 0.4) is 0 Å². The molecule has 1 aromatic heterocycles. The average Bonchev–Trinajstić information content (AvgIpc) is 2.87. The van der Waals surface area contributed by atoms with Crippen LogP contribution >= 0.6 is 0 Å². The number of rotatable bonds is 4. The van der Waals surface area contributed by atoms with E-state index in [9.17, 15) is 5.11 Å². The fourth-order valence-corrected chi connectivity index (χ4v) is 1.58. The molecule has 2 rings (SSSR count). The first-order chi connectivity index (χ1) is 8.61. The molecule has 2 atom stereocenters. The van der Waals surface area contributed by atoms with Crippen LogP contribution in [0.2, 0.25) is 0 Å². The van der Waals surface area contributed by atoms with Gasteiger partial charge in [0.05, 0.1) is 6.10 Å². The molecule has 96 valence electrons. The van der Waals surface area contributed by atoms with Crippen LogP contribution in [-0.4, -0.2) is 21.4 Å². The summed E-state index contributed by atoms with van der Waals surface area (Å²) in [6.45, 7) is 3.69. The van der Waals surface area contributed by atoms with Gasteiger partial charge in [-0.05, 0) is 18.9 Å². The molecule has 5 nitrogen and oxygen atoms in total. The molecule has 0 bridgehead atoms. The van der Waals surface area contributed by atoms with E-state index < -0.39 is 12.1 Å². The Morgan fingerprint density at radius 1 is 1.33 bits per heavy atom. The molecule has 0 amide bonds. The molecule has 0 saturated carbocycles. The van der Waals surface area contributed by atoms with Gasteiger partial charge in [-0.3, -0.25) is 0 Å².